The summed E-state index contributed by atoms with van der Waals surface area (Å²) in [5.74, 6) is -0.547. The maximum atomic E-state index is 13.6. The van der Waals surface area contributed by atoms with Gasteiger partial charge in [-0.05, 0) is 39.4 Å². The number of para-hydroxylation sites is 1. The Kier molecular flexibility index (Phi) is 6.62. The van der Waals surface area contributed by atoms with Gasteiger partial charge in [0.1, 0.15) is 5.54 Å². The van der Waals surface area contributed by atoms with Crippen molar-refractivity contribution in [3.63, 3.8) is 0 Å². The molecule has 1 aromatic rings. The second kappa shape index (κ2) is 7.98. The van der Waals surface area contributed by atoms with Crippen LogP contribution in [0.3, 0.4) is 0 Å². The zero-order chi connectivity index (χ0) is 15.9. The Hall–Kier alpha value is -1.62. The van der Waals surface area contributed by atoms with E-state index in [0.717, 1.165) is 0 Å². The first-order valence-electron chi connectivity index (χ1n) is 7.26. The van der Waals surface area contributed by atoms with Gasteiger partial charge in [-0.25, -0.2) is 4.39 Å². The molecule has 0 aromatic heterocycles. The van der Waals surface area contributed by atoms with Crippen molar-refractivity contribution in [2.75, 3.05) is 13.2 Å². The fourth-order valence-electron chi connectivity index (χ4n) is 2.28. The largest absolute Gasteiger partial charge is 0.488 e. The topological polar surface area (TPSA) is 47.6 Å². The zero-order valence-electron chi connectivity index (χ0n) is 13.1. The molecule has 0 radical (unpaired) electrons. The summed E-state index contributed by atoms with van der Waals surface area (Å²) in [7, 11) is 0. The number of halogens is 1. The number of benzene rings is 1. The Morgan fingerprint density at radius 2 is 2.05 bits per heavy atom. The Bertz CT molecular complexity index is 467. The maximum Gasteiger partial charge on any atom is 0.326 e. The monoisotopic (exact) mass is 297 g/mol. The lowest BCUT2D eigenvalue weighted by Gasteiger charge is -2.30. The standard InChI is InChI=1S/C16H24FNO3/c1-5-18-16(4,15(19)20-6-2)11-12(3)21-14-10-8-7-9-13(14)17/h7-10,12,18H,5-6,11H2,1-4H3. The summed E-state index contributed by atoms with van der Waals surface area (Å²) >= 11 is 0. The Morgan fingerprint density at radius 3 is 2.62 bits per heavy atom. The Labute approximate surface area is 125 Å². The molecule has 0 spiro atoms. The highest BCUT2D eigenvalue weighted by Gasteiger charge is 2.36. The Morgan fingerprint density at radius 1 is 1.38 bits per heavy atom. The summed E-state index contributed by atoms with van der Waals surface area (Å²) in [5.41, 5.74) is -0.852. The molecule has 118 valence electrons. The number of hydrogen-bond acceptors (Lipinski definition) is 4. The molecular weight excluding hydrogens is 273 g/mol. The predicted molar refractivity (Wildman–Crippen MR) is 79.8 cm³/mol. The normalized spacial score (nSPS) is 15.1. The van der Waals surface area contributed by atoms with Gasteiger partial charge >= 0.3 is 5.97 Å². The molecule has 0 aliphatic rings. The molecule has 0 aliphatic carbocycles. The third kappa shape index (κ3) is 5.01. The lowest BCUT2D eigenvalue weighted by Crippen LogP contribution is -2.52. The first kappa shape index (κ1) is 17.4. The number of ether oxygens (including phenoxy) is 2. The van der Waals surface area contributed by atoms with Gasteiger partial charge in [0.2, 0.25) is 0 Å². The van der Waals surface area contributed by atoms with Crippen LogP contribution in [-0.4, -0.2) is 30.8 Å². The molecular formula is C16H24FNO3. The maximum absolute atomic E-state index is 13.6. The van der Waals surface area contributed by atoms with E-state index in [9.17, 15) is 9.18 Å². The van der Waals surface area contributed by atoms with Crippen LogP contribution in [0.15, 0.2) is 24.3 Å². The first-order valence-corrected chi connectivity index (χ1v) is 7.26. The van der Waals surface area contributed by atoms with Gasteiger partial charge in [-0.2, -0.15) is 0 Å². The van der Waals surface area contributed by atoms with E-state index in [0.29, 0.717) is 19.6 Å². The molecule has 1 rings (SSSR count). The average Bonchev–Trinajstić information content (AvgIpc) is 2.41. The molecule has 21 heavy (non-hydrogen) atoms. The van der Waals surface area contributed by atoms with Gasteiger partial charge in [-0.3, -0.25) is 4.79 Å². The predicted octanol–water partition coefficient (Wildman–Crippen LogP) is 2.91. The molecule has 0 heterocycles. The molecule has 0 saturated heterocycles. The van der Waals surface area contributed by atoms with Crippen LogP contribution in [0, 0.1) is 5.82 Å². The van der Waals surface area contributed by atoms with E-state index in [1.165, 1.54) is 6.07 Å². The van der Waals surface area contributed by atoms with E-state index >= 15 is 0 Å². The van der Waals surface area contributed by atoms with E-state index in [4.69, 9.17) is 9.47 Å². The van der Waals surface area contributed by atoms with Crippen molar-refractivity contribution in [1.29, 1.82) is 0 Å². The smallest absolute Gasteiger partial charge is 0.326 e. The van der Waals surface area contributed by atoms with Crippen molar-refractivity contribution in [3.05, 3.63) is 30.1 Å². The molecule has 0 aliphatic heterocycles. The van der Waals surface area contributed by atoms with Crippen molar-refractivity contribution in [3.8, 4) is 5.75 Å². The van der Waals surface area contributed by atoms with Crippen LogP contribution >= 0.6 is 0 Å². The second-order valence-electron chi connectivity index (χ2n) is 5.15. The van der Waals surface area contributed by atoms with Crippen molar-refractivity contribution in [2.45, 2.75) is 45.8 Å². The summed E-state index contributed by atoms with van der Waals surface area (Å²) in [5, 5.41) is 3.13. The van der Waals surface area contributed by atoms with Gasteiger partial charge in [-0.15, -0.1) is 0 Å². The fraction of sp³-hybridized carbons (Fsp3) is 0.562. The van der Waals surface area contributed by atoms with Gasteiger partial charge in [0.05, 0.1) is 12.7 Å². The van der Waals surface area contributed by atoms with Crippen LogP contribution in [0.2, 0.25) is 0 Å². The van der Waals surface area contributed by atoms with Crippen LogP contribution in [-0.2, 0) is 9.53 Å². The quantitative estimate of drug-likeness (QED) is 0.750. The lowest BCUT2D eigenvalue weighted by atomic mass is 9.94. The molecule has 1 N–H and O–H groups in total. The van der Waals surface area contributed by atoms with Crippen molar-refractivity contribution < 1.29 is 18.7 Å². The number of esters is 1. The van der Waals surface area contributed by atoms with E-state index in [1.807, 2.05) is 6.92 Å². The van der Waals surface area contributed by atoms with Crippen LogP contribution in [0.1, 0.15) is 34.1 Å². The zero-order valence-corrected chi connectivity index (χ0v) is 13.1. The van der Waals surface area contributed by atoms with Gasteiger partial charge in [0, 0.05) is 6.42 Å². The number of carbonyl (C=O) groups is 1. The molecule has 4 nitrogen and oxygen atoms in total. The van der Waals surface area contributed by atoms with Gasteiger partial charge in [0.15, 0.2) is 11.6 Å². The van der Waals surface area contributed by atoms with Crippen LogP contribution in [0.5, 0.6) is 5.75 Å². The SMILES string of the molecule is CCNC(C)(CC(C)Oc1ccccc1F)C(=O)OCC. The lowest BCUT2D eigenvalue weighted by molar-refractivity contribution is -0.151. The summed E-state index contributed by atoms with van der Waals surface area (Å²) < 4.78 is 24.3. The number of hydrogen-bond donors (Lipinski definition) is 1. The fourth-order valence-corrected chi connectivity index (χ4v) is 2.28. The number of nitrogens with one attached hydrogen (secondary N) is 1. The number of carbonyl (C=O) groups excluding carboxylic acids is 1. The van der Waals surface area contributed by atoms with E-state index in [-0.39, 0.29) is 17.8 Å². The third-order valence-electron chi connectivity index (χ3n) is 3.15. The molecule has 5 heteroatoms. The Balaban J connectivity index is 2.74. The summed E-state index contributed by atoms with van der Waals surface area (Å²) in [4.78, 5) is 12.1. The van der Waals surface area contributed by atoms with E-state index in [2.05, 4.69) is 5.32 Å². The number of rotatable bonds is 8. The minimum Gasteiger partial charge on any atom is -0.488 e. The number of likely N-dealkylation sites (N-methyl/N-ethyl adjacent to an activating group) is 1. The van der Waals surface area contributed by atoms with Crippen molar-refractivity contribution >= 4 is 5.97 Å². The molecule has 0 amide bonds. The third-order valence-corrected chi connectivity index (χ3v) is 3.15. The van der Waals surface area contributed by atoms with Crippen LogP contribution < -0.4 is 10.1 Å². The molecule has 0 bridgehead atoms. The van der Waals surface area contributed by atoms with Crippen molar-refractivity contribution in [1.82, 2.24) is 5.32 Å². The summed E-state index contributed by atoms with van der Waals surface area (Å²) in [6.07, 6.45) is 0.0453. The summed E-state index contributed by atoms with van der Waals surface area (Å²) in [6, 6.07) is 6.23. The molecule has 2 unspecified atom stereocenters. The van der Waals surface area contributed by atoms with E-state index in [1.54, 1.807) is 39.0 Å². The van der Waals surface area contributed by atoms with Crippen LogP contribution in [0.25, 0.3) is 0 Å². The van der Waals surface area contributed by atoms with Crippen LogP contribution in [0.4, 0.5) is 4.39 Å². The minimum atomic E-state index is -0.852. The minimum absolute atomic E-state index is 0.188. The van der Waals surface area contributed by atoms with Gasteiger partial charge in [0.25, 0.3) is 0 Å². The highest BCUT2D eigenvalue weighted by molar-refractivity contribution is 5.80. The van der Waals surface area contributed by atoms with Gasteiger partial charge in [-0.1, -0.05) is 19.1 Å². The molecule has 2 atom stereocenters. The molecule has 0 saturated carbocycles. The molecule has 0 fully saturated rings. The van der Waals surface area contributed by atoms with Gasteiger partial charge < -0.3 is 14.8 Å². The average molecular weight is 297 g/mol. The first-order chi connectivity index (χ1) is 9.92. The second-order valence-corrected chi connectivity index (χ2v) is 5.15. The highest BCUT2D eigenvalue weighted by Crippen LogP contribution is 2.22. The molecule has 1 aromatic carbocycles. The highest BCUT2D eigenvalue weighted by atomic mass is 19.1. The van der Waals surface area contributed by atoms with Crippen molar-refractivity contribution in [2.24, 2.45) is 0 Å². The summed E-state index contributed by atoms with van der Waals surface area (Å²) in [6.45, 7) is 8.21. The van der Waals surface area contributed by atoms with E-state index < -0.39 is 11.4 Å².